The van der Waals surface area contributed by atoms with Crippen LogP contribution in [0.1, 0.15) is 84.1 Å². The predicted molar refractivity (Wildman–Crippen MR) is 195 cm³/mol. The Morgan fingerprint density at radius 2 is 1.69 bits per heavy atom. The van der Waals surface area contributed by atoms with Crippen molar-refractivity contribution in [2.24, 2.45) is 5.73 Å². The van der Waals surface area contributed by atoms with Crippen molar-refractivity contribution in [3.8, 4) is 0 Å². The number of benzene rings is 2. The zero-order chi connectivity index (χ0) is 34.5. The number of rotatable bonds is 17. The number of para-hydroxylation sites is 2. The number of hydrogen-bond donors (Lipinski definition) is 3. The van der Waals surface area contributed by atoms with Crippen LogP contribution in [-0.4, -0.2) is 49.6 Å². The molecule has 0 saturated carbocycles. The van der Waals surface area contributed by atoms with Crippen molar-refractivity contribution in [3.05, 3.63) is 71.4 Å². The number of halogens is 1. The standard InChI is InChI=1S/C38H51N5O4S.HI/c1-38(2,3)47-37(46)41-31(18-11-12-23-39)36(45)40-24-14-16-29(44)15-6-5-13-25-43-26-22-28(30-17-7-8-19-32(30)43)27-35-42(4)33-20-9-10-21-34(33)48-35;/h7-10,17,19-22,26-27,31H,5-6,11-16,18,23-25,39H2,1-4H3,(H-,40,41,45,46);1H. The third kappa shape index (κ3) is 12.6. The van der Waals surface area contributed by atoms with Crippen LogP contribution in [0, 0.1) is 0 Å². The van der Waals surface area contributed by atoms with Gasteiger partial charge in [-0.05, 0) is 95.7 Å². The Bertz CT molecular complexity index is 1590. The van der Waals surface area contributed by atoms with Gasteiger partial charge in [-0.1, -0.05) is 36.0 Å². The number of aromatic nitrogens is 1. The highest BCUT2D eigenvalue weighted by molar-refractivity contribution is 8.03. The van der Waals surface area contributed by atoms with E-state index in [9.17, 15) is 14.4 Å². The second-order valence-corrected chi connectivity index (χ2v) is 14.4. The number of Topliss-reactive ketones (excluding diaryl/α,β-unsaturated/α-hetero) is 1. The van der Waals surface area contributed by atoms with Gasteiger partial charge in [-0.3, -0.25) is 9.59 Å². The molecule has 1 unspecified atom stereocenters. The largest absolute Gasteiger partial charge is 1.00 e. The molecule has 266 valence electrons. The van der Waals surface area contributed by atoms with E-state index in [1.54, 1.807) is 32.5 Å². The maximum atomic E-state index is 12.8. The molecule has 0 fully saturated rings. The number of thioether (sulfide) groups is 1. The SMILES string of the molecule is CN1C(=Cc2cc[n+](CCCCCC(=O)CCCNC(=O)C(CCCCN)NC(=O)OC(C)(C)C)c3ccccc23)Sc2ccccc21.[I-]. The van der Waals surface area contributed by atoms with E-state index in [-0.39, 0.29) is 35.7 Å². The lowest BCUT2D eigenvalue weighted by molar-refractivity contribution is -0.671. The number of nitrogens with zero attached hydrogens (tertiary/aromatic N) is 2. The molecule has 4 N–H and O–H groups in total. The summed E-state index contributed by atoms with van der Waals surface area (Å²) in [5, 5.41) is 7.98. The lowest BCUT2D eigenvalue weighted by Gasteiger charge is -2.23. The molecule has 9 nitrogen and oxygen atoms in total. The minimum Gasteiger partial charge on any atom is -1.00 e. The van der Waals surface area contributed by atoms with Crippen molar-refractivity contribution in [3.63, 3.8) is 0 Å². The van der Waals surface area contributed by atoms with E-state index in [1.807, 2.05) is 0 Å². The summed E-state index contributed by atoms with van der Waals surface area (Å²) < 4.78 is 7.62. The van der Waals surface area contributed by atoms with Crippen LogP contribution in [0.5, 0.6) is 0 Å². The van der Waals surface area contributed by atoms with Crippen LogP contribution in [0.2, 0.25) is 0 Å². The van der Waals surface area contributed by atoms with Crippen LogP contribution in [0.25, 0.3) is 17.0 Å². The van der Waals surface area contributed by atoms with Crippen LogP contribution < -0.4 is 49.8 Å². The minimum absolute atomic E-state index is 0. The first kappa shape index (κ1) is 40.3. The fourth-order valence-corrected chi connectivity index (χ4v) is 6.85. The summed E-state index contributed by atoms with van der Waals surface area (Å²) in [5.41, 5.74) is 8.58. The summed E-state index contributed by atoms with van der Waals surface area (Å²) in [4.78, 5) is 41.1. The summed E-state index contributed by atoms with van der Waals surface area (Å²) in [6.07, 6.45) is 10.1. The molecule has 0 spiro atoms. The van der Waals surface area contributed by atoms with E-state index < -0.39 is 17.7 Å². The molecule has 0 saturated heterocycles. The highest BCUT2D eigenvalue weighted by atomic mass is 127. The number of pyridine rings is 1. The number of nitrogens with two attached hydrogens (primary N) is 1. The summed E-state index contributed by atoms with van der Waals surface area (Å²) in [5.74, 6) is -0.0571. The van der Waals surface area contributed by atoms with E-state index in [1.165, 1.54) is 32.1 Å². The maximum absolute atomic E-state index is 12.8. The first-order valence-electron chi connectivity index (χ1n) is 17.2. The summed E-state index contributed by atoms with van der Waals surface area (Å²) in [6, 6.07) is 18.5. The lowest BCUT2D eigenvalue weighted by Crippen LogP contribution is -3.00. The first-order valence-corrected chi connectivity index (χ1v) is 18.0. The Hall–Kier alpha value is -3.16. The molecule has 2 heterocycles. The average Bonchev–Trinajstić information content (AvgIpc) is 3.37. The monoisotopic (exact) mass is 801 g/mol. The zero-order valence-corrected chi connectivity index (χ0v) is 32.3. The topological polar surface area (TPSA) is 118 Å². The number of nitrogens with one attached hydrogen (secondary N) is 2. The Morgan fingerprint density at radius 1 is 0.959 bits per heavy atom. The van der Waals surface area contributed by atoms with Crippen LogP contribution in [0.15, 0.2) is 70.7 Å². The quantitative estimate of drug-likeness (QED) is 0.108. The van der Waals surface area contributed by atoms with Gasteiger partial charge in [-0.15, -0.1) is 0 Å². The molecule has 2 aromatic carbocycles. The van der Waals surface area contributed by atoms with Crippen molar-refractivity contribution in [1.29, 1.82) is 0 Å². The fraction of sp³-hybridized carbons (Fsp3) is 0.474. The number of alkyl carbamates (subject to hydrolysis) is 1. The molecule has 2 amide bonds. The predicted octanol–water partition coefficient (Wildman–Crippen LogP) is 3.72. The van der Waals surface area contributed by atoms with Gasteiger partial charge in [0, 0.05) is 49.9 Å². The molecule has 11 heteroatoms. The third-order valence-corrected chi connectivity index (χ3v) is 9.42. The number of carbonyl (C=O) groups is 3. The average molecular weight is 802 g/mol. The van der Waals surface area contributed by atoms with Crippen molar-refractivity contribution < 1.29 is 47.7 Å². The Morgan fingerprint density at radius 3 is 2.45 bits per heavy atom. The van der Waals surface area contributed by atoms with Crippen LogP contribution in [-0.2, 0) is 20.9 Å². The van der Waals surface area contributed by atoms with E-state index in [0.717, 1.165) is 32.2 Å². The zero-order valence-electron chi connectivity index (χ0n) is 29.3. The smallest absolute Gasteiger partial charge is 0.408 e. The van der Waals surface area contributed by atoms with E-state index in [0.29, 0.717) is 45.2 Å². The van der Waals surface area contributed by atoms with Gasteiger partial charge in [-0.25, -0.2) is 4.79 Å². The molecule has 0 radical (unpaired) electrons. The lowest BCUT2D eigenvalue weighted by atomic mass is 10.1. The highest BCUT2D eigenvalue weighted by Gasteiger charge is 2.24. The molecule has 1 aliphatic heterocycles. The molecule has 1 aliphatic rings. The Balaban J connectivity index is 0.00000650. The number of hydrogen-bond acceptors (Lipinski definition) is 7. The summed E-state index contributed by atoms with van der Waals surface area (Å²) >= 11 is 1.80. The molecule has 1 aromatic heterocycles. The van der Waals surface area contributed by atoms with E-state index >= 15 is 0 Å². The van der Waals surface area contributed by atoms with Gasteiger partial charge in [0.1, 0.15) is 24.0 Å². The molecular formula is C38H52IN5O4S. The molecule has 49 heavy (non-hydrogen) atoms. The van der Waals surface area contributed by atoms with Crippen LogP contribution >= 0.6 is 11.8 Å². The van der Waals surface area contributed by atoms with Gasteiger partial charge < -0.3 is 50.0 Å². The number of anilines is 1. The molecule has 1 atom stereocenters. The molecule has 4 rings (SSSR count). The molecular weight excluding hydrogens is 749 g/mol. The van der Waals surface area contributed by atoms with Gasteiger partial charge in [0.2, 0.25) is 11.4 Å². The Kier molecular flexibility index (Phi) is 16.3. The molecule has 3 aromatic rings. The normalized spacial score (nSPS) is 13.9. The number of ketones is 1. The van der Waals surface area contributed by atoms with Crippen molar-refractivity contribution in [2.45, 2.75) is 102 Å². The van der Waals surface area contributed by atoms with Crippen LogP contribution in [0.3, 0.4) is 0 Å². The van der Waals surface area contributed by atoms with Crippen molar-refractivity contribution >= 4 is 52.2 Å². The van der Waals surface area contributed by atoms with Gasteiger partial charge in [0.25, 0.3) is 0 Å². The van der Waals surface area contributed by atoms with E-state index in [4.69, 9.17) is 10.5 Å². The number of ether oxygens (including phenoxy) is 1. The summed E-state index contributed by atoms with van der Waals surface area (Å²) in [6.45, 7) is 7.13. The second kappa shape index (κ2) is 19.9. The first-order chi connectivity index (χ1) is 23.1. The van der Waals surface area contributed by atoms with Crippen molar-refractivity contribution in [2.75, 3.05) is 25.0 Å². The molecule has 0 aliphatic carbocycles. The van der Waals surface area contributed by atoms with E-state index in [2.05, 4.69) is 94.0 Å². The number of fused-ring (bicyclic) bond motifs is 2. The maximum Gasteiger partial charge on any atom is 0.408 e. The van der Waals surface area contributed by atoms with Gasteiger partial charge >= 0.3 is 6.09 Å². The molecule has 0 bridgehead atoms. The van der Waals surface area contributed by atoms with Gasteiger partial charge in [-0.2, -0.15) is 4.57 Å². The third-order valence-electron chi connectivity index (χ3n) is 8.25. The summed E-state index contributed by atoms with van der Waals surface area (Å²) in [7, 11) is 2.12. The van der Waals surface area contributed by atoms with Gasteiger partial charge in [0.05, 0.1) is 16.1 Å². The Labute approximate surface area is 312 Å². The second-order valence-electron chi connectivity index (χ2n) is 13.3. The van der Waals surface area contributed by atoms with Crippen molar-refractivity contribution in [1.82, 2.24) is 10.6 Å². The fourth-order valence-electron chi connectivity index (χ4n) is 5.75. The number of aryl methyl sites for hydroxylation is 1. The highest BCUT2D eigenvalue weighted by Crippen LogP contribution is 2.45. The minimum atomic E-state index is -0.698. The van der Waals surface area contributed by atoms with Crippen LogP contribution in [0.4, 0.5) is 10.5 Å². The van der Waals surface area contributed by atoms with Gasteiger partial charge in [0.15, 0.2) is 6.20 Å². The number of amides is 2. The number of carbonyl (C=O) groups excluding carboxylic acids is 3. The number of unbranched alkanes of at least 4 members (excludes halogenated alkanes) is 3.